The summed E-state index contributed by atoms with van der Waals surface area (Å²) in [5, 5.41) is 0. The van der Waals surface area contributed by atoms with Crippen LogP contribution in [0.4, 0.5) is 0 Å². The van der Waals surface area contributed by atoms with Crippen LogP contribution in [0.5, 0.6) is 5.75 Å². The summed E-state index contributed by atoms with van der Waals surface area (Å²) >= 11 is 0. The zero-order valence-electron chi connectivity index (χ0n) is 11.1. The van der Waals surface area contributed by atoms with Crippen LogP contribution in [0.15, 0.2) is 24.3 Å². The maximum absolute atomic E-state index is 6.04. The molecule has 0 amide bonds. The van der Waals surface area contributed by atoms with Gasteiger partial charge in [-0.15, -0.1) is 0 Å². The molecule has 3 rings (SSSR count). The van der Waals surface area contributed by atoms with Crippen LogP contribution in [-0.4, -0.2) is 6.10 Å². The fourth-order valence-electron chi connectivity index (χ4n) is 2.98. The first-order valence-corrected chi connectivity index (χ1v) is 6.79. The van der Waals surface area contributed by atoms with Gasteiger partial charge in [-0.2, -0.15) is 0 Å². The minimum atomic E-state index is 0.230. The van der Waals surface area contributed by atoms with Crippen molar-refractivity contribution in [3.05, 3.63) is 29.8 Å². The molecule has 0 aromatic heterocycles. The van der Waals surface area contributed by atoms with E-state index >= 15 is 0 Å². The number of hydrogen-bond donors (Lipinski definition) is 0. The van der Waals surface area contributed by atoms with Gasteiger partial charge in [0.2, 0.25) is 0 Å². The second-order valence-electron chi connectivity index (χ2n) is 6.74. The molecule has 1 aromatic carbocycles. The molecule has 2 saturated carbocycles. The van der Waals surface area contributed by atoms with Crippen molar-refractivity contribution in [1.82, 2.24) is 0 Å². The summed E-state index contributed by atoms with van der Waals surface area (Å²) in [5.41, 5.74) is 1.60. The number of rotatable bonds is 2. The van der Waals surface area contributed by atoms with Gasteiger partial charge >= 0.3 is 0 Å². The standard InChI is InChI=1S/C16H22O/c1-16(2,3)13-4-6-14(7-5-13)17-15-9-11-8-12(11)10-15/h4-7,11-12,15H,8-10H2,1-3H3/t11-,12+,15?. The van der Waals surface area contributed by atoms with E-state index in [0.29, 0.717) is 6.10 Å². The molecule has 92 valence electrons. The topological polar surface area (TPSA) is 9.23 Å². The summed E-state index contributed by atoms with van der Waals surface area (Å²) < 4.78 is 6.04. The maximum atomic E-state index is 6.04. The normalized spacial score (nSPS) is 31.1. The third-order valence-corrected chi connectivity index (χ3v) is 4.22. The maximum Gasteiger partial charge on any atom is 0.119 e. The highest BCUT2D eigenvalue weighted by Gasteiger charge is 2.46. The smallest absolute Gasteiger partial charge is 0.119 e. The predicted octanol–water partition coefficient (Wildman–Crippen LogP) is 4.16. The average Bonchev–Trinajstić information content (AvgIpc) is 2.86. The van der Waals surface area contributed by atoms with Crippen LogP contribution in [0.1, 0.15) is 45.6 Å². The van der Waals surface area contributed by atoms with Crippen LogP contribution in [0.2, 0.25) is 0 Å². The van der Waals surface area contributed by atoms with Crippen molar-refractivity contribution in [2.75, 3.05) is 0 Å². The Bertz CT molecular complexity index is 389. The second kappa shape index (κ2) is 3.76. The van der Waals surface area contributed by atoms with Crippen molar-refractivity contribution in [3.63, 3.8) is 0 Å². The van der Waals surface area contributed by atoms with Gasteiger partial charge in [0, 0.05) is 0 Å². The van der Waals surface area contributed by atoms with E-state index in [2.05, 4.69) is 45.0 Å². The summed E-state index contributed by atoms with van der Waals surface area (Å²) in [6.07, 6.45) is 4.51. The SMILES string of the molecule is CC(C)(C)c1ccc(OC2C[C@@H]3C[C@@H]3C2)cc1. The van der Waals surface area contributed by atoms with Gasteiger partial charge in [-0.25, -0.2) is 0 Å². The molecule has 0 saturated heterocycles. The van der Waals surface area contributed by atoms with E-state index < -0.39 is 0 Å². The first-order valence-electron chi connectivity index (χ1n) is 6.79. The van der Waals surface area contributed by atoms with Crippen LogP contribution in [0.25, 0.3) is 0 Å². The van der Waals surface area contributed by atoms with Crippen LogP contribution < -0.4 is 4.74 Å². The molecule has 0 radical (unpaired) electrons. The van der Waals surface area contributed by atoms with Crippen LogP contribution in [0, 0.1) is 11.8 Å². The molecule has 2 aliphatic rings. The molecule has 0 aliphatic heterocycles. The van der Waals surface area contributed by atoms with Gasteiger partial charge in [0.1, 0.15) is 5.75 Å². The highest BCUT2D eigenvalue weighted by atomic mass is 16.5. The Hall–Kier alpha value is -0.980. The Morgan fingerprint density at radius 3 is 2.06 bits per heavy atom. The van der Waals surface area contributed by atoms with Crippen molar-refractivity contribution in [3.8, 4) is 5.75 Å². The predicted molar refractivity (Wildman–Crippen MR) is 70.4 cm³/mol. The van der Waals surface area contributed by atoms with E-state index in [1.807, 2.05) is 0 Å². The molecule has 2 fully saturated rings. The molecule has 0 heterocycles. The lowest BCUT2D eigenvalue weighted by molar-refractivity contribution is 0.194. The number of hydrogen-bond acceptors (Lipinski definition) is 1. The molecular weight excluding hydrogens is 208 g/mol. The number of ether oxygens (including phenoxy) is 1. The van der Waals surface area contributed by atoms with Gasteiger partial charge < -0.3 is 4.74 Å². The van der Waals surface area contributed by atoms with Crippen molar-refractivity contribution in [2.45, 2.75) is 51.6 Å². The van der Waals surface area contributed by atoms with Crippen molar-refractivity contribution < 1.29 is 4.74 Å². The summed E-state index contributed by atoms with van der Waals surface area (Å²) in [4.78, 5) is 0. The highest BCUT2D eigenvalue weighted by Crippen LogP contribution is 2.52. The van der Waals surface area contributed by atoms with E-state index in [9.17, 15) is 0 Å². The first-order chi connectivity index (χ1) is 8.02. The lowest BCUT2D eigenvalue weighted by Gasteiger charge is -2.20. The second-order valence-corrected chi connectivity index (χ2v) is 6.74. The largest absolute Gasteiger partial charge is 0.490 e. The molecule has 1 nitrogen and oxygen atoms in total. The fourth-order valence-corrected chi connectivity index (χ4v) is 2.98. The quantitative estimate of drug-likeness (QED) is 0.741. The Morgan fingerprint density at radius 2 is 1.53 bits per heavy atom. The third kappa shape index (κ3) is 2.34. The van der Waals surface area contributed by atoms with E-state index in [1.165, 1.54) is 24.8 Å². The molecule has 0 spiro atoms. The molecule has 0 N–H and O–H groups in total. The van der Waals surface area contributed by atoms with Crippen LogP contribution in [0.3, 0.4) is 0 Å². The van der Waals surface area contributed by atoms with Crippen molar-refractivity contribution in [2.24, 2.45) is 11.8 Å². The lowest BCUT2D eigenvalue weighted by atomic mass is 9.87. The van der Waals surface area contributed by atoms with E-state index in [4.69, 9.17) is 4.74 Å². The fraction of sp³-hybridized carbons (Fsp3) is 0.625. The van der Waals surface area contributed by atoms with Crippen molar-refractivity contribution >= 4 is 0 Å². The lowest BCUT2D eigenvalue weighted by Crippen LogP contribution is -2.14. The zero-order valence-corrected chi connectivity index (χ0v) is 11.1. The van der Waals surface area contributed by atoms with Crippen molar-refractivity contribution in [1.29, 1.82) is 0 Å². The minimum Gasteiger partial charge on any atom is -0.490 e. The van der Waals surface area contributed by atoms with Crippen LogP contribution >= 0.6 is 0 Å². The van der Waals surface area contributed by atoms with Gasteiger partial charge in [-0.3, -0.25) is 0 Å². The Labute approximate surface area is 104 Å². The molecule has 2 aliphatic carbocycles. The highest BCUT2D eigenvalue weighted by molar-refractivity contribution is 5.31. The van der Waals surface area contributed by atoms with E-state index in [1.54, 1.807) is 0 Å². The average molecular weight is 230 g/mol. The van der Waals surface area contributed by atoms with Gasteiger partial charge in [0.15, 0.2) is 0 Å². The molecular formula is C16H22O. The summed E-state index contributed by atoms with van der Waals surface area (Å²) in [7, 11) is 0. The monoisotopic (exact) mass is 230 g/mol. The summed E-state index contributed by atoms with van der Waals surface area (Å²) in [6.45, 7) is 6.73. The Kier molecular flexibility index (Phi) is 2.46. The third-order valence-electron chi connectivity index (χ3n) is 4.22. The Morgan fingerprint density at radius 1 is 0.941 bits per heavy atom. The Balaban J connectivity index is 1.64. The van der Waals surface area contributed by atoms with Gasteiger partial charge in [-0.1, -0.05) is 32.9 Å². The molecule has 17 heavy (non-hydrogen) atoms. The van der Waals surface area contributed by atoms with Gasteiger partial charge in [0.25, 0.3) is 0 Å². The molecule has 1 aromatic rings. The van der Waals surface area contributed by atoms with Gasteiger partial charge in [0.05, 0.1) is 6.10 Å². The minimum absolute atomic E-state index is 0.230. The van der Waals surface area contributed by atoms with Gasteiger partial charge in [-0.05, 0) is 54.2 Å². The number of benzene rings is 1. The molecule has 0 bridgehead atoms. The molecule has 3 atom stereocenters. The molecule has 1 unspecified atom stereocenters. The van der Waals surface area contributed by atoms with E-state index in [-0.39, 0.29) is 5.41 Å². The van der Waals surface area contributed by atoms with E-state index in [0.717, 1.165) is 17.6 Å². The number of fused-ring (bicyclic) bond motifs is 1. The summed E-state index contributed by atoms with van der Waals surface area (Å²) in [5.74, 6) is 3.03. The zero-order chi connectivity index (χ0) is 12.0. The summed E-state index contributed by atoms with van der Waals surface area (Å²) in [6, 6.07) is 8.66. The van der Waals surface area contributed by atoms with Crippen LogP contribution in [-0.2, 0) is 5.41 Å². The molecule has 1 heteroatoms. The first kappa shape index (κ1) is 11.1.